The van der Waals surface area contributed by atoms with Crippen molar-refractivity contribution in [1.29, 1.82) is 0 Å². The SMILES string of the molecule is CCCCOc1c(C)c(CCl)nc2ccc(F)cc12. The zero-order valence-corrected chi connectivity index (χ0v) is 11.9. The fraction of sp³-hybridized carbons (Fsp3) is 0.400. The second-order valence-electron chi connectivity index (χ2n) is 4.51. The summed E-state index contributed by atoms with van der Waals surface area (Å²) in [6, 6.07) is 4.53. The van der Waals surface area contributed by atoms with E-state index in [-0.39, 0.29) is 5.82 Å². The molecule has 0 N–H and O–H groups in total. The Kier molecular flexibility index (Phi) is 4.59. The Bertz CT molecular complexity index is 586. The van der Waals surface area contributed by atoms with Crippen molar-refractivity contribution in [2.75, 3.05) is 6.61 Å². The molecular formula is C15H17ClFNO. The molecule has 0 aliphatic rings. The van der Waals surface area contributed by atoms with E-state index in [0.29, 0.717) is 29.1 Å². The van der Waals surface area contributed by atoms with Crippen LogP contribution in [-0.2, 0) is 5.88 Å². The van der Waals surface area contributed by atoms with Gasteiger partial charge in [-0.25, -0.2) is 4.39 Å². The number of halogens is 2. The predicted molar refractivity (Wildman–Crippen MR) is 76.4 cm³/mol. The lowest BCUT2D eigenvalue weighted by Crippen LogP contribution is -2.03. The van der Waals surface area contributed by atoms with E-state index in [9.17, 15) is 4.39 Å². The van der Waals surface area contributed by atoms with E-state index in [1.54, 1.807) is 6.07 Å². The smallest absolute Gasteiger partial charge is 0.133 e. The number of unbranched alkanes of at least 4 members (excludes halogenated alkanes) is 1. The Morgan fingerprint density at radius 1 is 1.37 bits per heavy atom. The molecule has 2 rings (SSSR count). The molecule has 0 aliphatic carbocycles. The van der Waals surface area contributed by atoms with E-state index in [0.717, 1.165) is 24.1 Å². The zero-order chi connectivity index (χ0) is 13.8. The third-order valence-corrected chi connectivity index (χ3v) is 3.36. The van der Waals surface area contributed by atoms with E-state index in [1.807, 2.05) is 6.92 Å². The van der Waals surface area contributed by atoms with E-state index >= 15 is 0 Å². The minimum absolute atomic E-state index is 0.285. The summed E-state index contributed by atoms with van der Waals surface area (Å²) in [5.74, 6) is 0.741. The van der Waals surface area contributed by atoms with Crippen LogP contribution in [0.25, 0.3) is 10.9 Å². The number of benzene rings is 1. The molecule has 19 heavy (non-hydrogen) atoms. The molecule has 0 fully saturated rings. The van der Waals surface area contributed by atoms with Crippen LogP contribution in [0.4, 0.5) is 4.39 Å². The number of hydrogen-bond donors (Lipinski definition) is 0. The quantitative estimate of drug-likeness (QED) is 0.590. The molecule has 102 valence electrons. The number of nitrogens with zero attached hydrogens (tertiary/aromatic N) is 1. The van der Waals surface area contributed by atoms with Gasteiger partial charge in [-0.15, -0.1) is 11.6 Å². The molecule has 1 aromatic carbocycles. The van der Waals surface area contributed by atoms with Gasteiger partial charge in [0.2, 0.25) is 0 Å². The molecule has 1 heterocycles. The van der Waals surface area contributed by atoms with Crippen LogP contribution in [0.2, 0.25) is 0 Å². The summed E-state index contributed by atoms with van der Waals surface area (Å²) in [4.78, 5) is 4.44. The first-order valence-corrected chi connectivity index (χ1v) is 6.98. The Balaban J connectivity index is 2.54. The van der Waals surface area contributed by atoms with E-state index < -0.39 is 0 Å². The Morgan fingerprint density at radius 2 is 2.16 bits per heavy atom. The van der Waals surface area contributed by atoms with E-state index in [4.69, 9.17) is 16.3 Å². The second kappa shape index (κ2) is 6.20. The molecule has 0 saturated carbocycles. The number of fused-ring (bicyclic) bond motifs is 1. The topological polar surface area (TPSA) is 22.1 Å². The van der Waals surface area contributed by atoms with Crippen molar-refractivity contribution in [3.8, 4) is 5.75 Å². The largest absolute Gasteiger partial charge is 0.493 e. The van der Waals surface area contributed by atoms with Crippen molar-refractivity contribution >= 4 is 22.5 Å². The van der Waals surface area contributed by atoms with Crippen molar-refractivity contribution in [1.82, 2.24) is 4.98 Å². The van der Waals surface area contributed by atoms with Crippen LogP contribution in [0.15, 0.2) is 18.2 Å². The number of alkyl halides is 1. The minimum Gasteiger partial charge on any atom is -0.493 e. The monoisotopic (exact) mass is 281 g/mol. The van der Waals surface area contributed by atoms with Gasteiger partial charge in [-0.3, -0.25) is 4.98 Å². The first-order valence-electron chi connectivity index (χ1n) is 6.44. The Morgan fingerprint density at radius 3 is 2.84 bits per heavy atom. The first kappa shape index (κ1) is 14.1. The van der Waals surface area contributed by atoms with Gasteiger partial charge >= 0.3 is 0 Å². The third-order valence-electron chi connectivity index (χ3n) is 3.10. The summed E-state index contributed by atoms with van der Waals surface area (Å²) in [5.41, 5.74) is 2.39. The normalized spacial score (nSPS) is 10.9. The molecule has 1 aromatic heterocycles. The molecule has 2 aromatic rings. The van der Waals surface area contributed by atoms with Gasteiger partial charge in [0.05, 0.1) is 23.7 Å². The molecule has 0 spiro atoms. The van der Waals surface area contributed by atoms with E-state index in [2.05, 4.69) is 11.9 Å². The van der Waals surface area contributed by atoms with Crippen LogP contribution in [0, 0.1) is 12.7 Å². The van der Waals surface area contributed by atoms with Gasteiger partial charge in [0.15, 0.2) is 0 Å². The standard InChI is InChI=1S/C15H17ClFNO/c1-3-4-7-19-15-10(2)14(9-16)18-13-6-5-11(17)8-12(13)15/h5-6,8H,3-4,7,9H2,1-2H3. The maximum Gasteiger partial charge on any atom is 0.133 e. The van der Waals surface area contributed by atoms with Gasteiger partial charge in [-0.1, -0.05) is 13.3 Å². The molecule has 0 radical (unpaired) electrons. The summed E-state index contributed by atoms with van der Waals surface area (Å²) >= 11 is 5.91. The lowest BCUT2D eigenvalue weighted by Gasteiger charge is -2.14. The van der Waals surface area contributed by atoms with Crippen molar-refractivity contribution in [3.05, 3.63) is 35.3 Å². The van der Waals surface area contributed by atoms with Crippen LogP contribution in [0.1, 0.15) is 31.0 Å². The third kappa shape index (κ3) is 2.98. The van der Waals surface area contributed by atoms with Crippen molar-refractivity contribution in [2.45, 2.75) is 32.6 Å². The highest BCUT2D eigenvalue weighted by atomic mass is 35.5. The molecule has 0 amide bonds. The summed E-state index contributed by atoms with van der Waals surface area (Å²) in [7, 11) is 0. The summed E-state index contributed by atoms with van der Waals surface area (Å²) in [6.07, 6.45) is 2.02. The maximum absolute atomic E-state index is 13.4. The van der Waals surface area contributed by atoms with Gasteiger partial charge in [-0.2, -0.15) is 0 Å². The second-order valence-corrected chi connectivity index (χ2v) is 4.78. The fourth-order valence-electron chi connectivity index (χ4n) is 1.98. The van der Waals surface area contributed by atoms with Crippen molar-refractivity contribution in [3.63, 3.8) is 0 Å². The Hall–Kier alpha value is -1.35. The highest BCUT2D eigenvalue weighted by Crippen LogP contribution is 2.31. The van der Waals surface area contributed by atoms with Gasteiger partial charge in [0.25, 0.3) is 0 Å². The van der Waals surface area contributed by atoms with Crippen molar-refractivity contribution in [2.24, 2.45) is 0 Å². The highest BCUT2D eigenvalue weighted by molar-refractivity contribution is 6.17. The molecular weight excluding hydrogens is 265 g/mol. The van der Waals surface area contributed by atoms with Gasteiger partial charge in [-0.05, 0) is 31.5 Å². The van der Waals surface area contributed by atoms with Crippen LogP contribution in [0.3, 0.4) is 0 Å². The Labute approximate surface area is 117 Å². The molecule has 0 atom stereocenters. The first-order chi connectivity index (χ1) is 9.17. The summed E-state index contributed by atoms with van der Waals surface area (Å²) < 4.78 is 19.2. The highest BCUT2D eigenvalue weighted by Gasteiger charge is 2.13. The van der Waals surface area contributed by atoms with Crippen LogP contribution in [-0.4, -0.2) is 11.6 Å². The number of rotatable bonds is 5. The van der Waals surface area contributed by atoms with Crippen molar-refractivity contribution < 1.29 is 9.13 Å². The lowest BCUT2D eigenvalue weighted by molar-refractivity contribution is 0.310. The summed E-state index contributed by atoms with van der Waals surface area (Å²) in [6.45, 7) is 4.63. The van der Waals surface area contributed by atoms with Gasteiger partial charge < -0.3 is 4.74 Å². The number of pyridine rings is 1. The average Bonchev–Trinajstić information content (AvgIpc) is 2.41. The number of hydrogen-bond acceptors (Lipinski definition) is 2. The average molecular weight is 282 g/mol. The predicted octanol–water partition coefficient (Wildman–Crippen LogP) is 4.60. The van der Waals surface area contributed by atoms with Gasteiger partial charge in [0.1, 0.15) is 11.6 Å². The van der Waals surface area contributed by atoms with Crippen LogP contribution < -0.4 is 4.74 Å². The molecule has 2 nitrogen and oxygen atoms in total. The molecule has 0 bridgehead atoms. The molecule has 0 unspecified atom stereocenters. The van der Waals surface area contributed by atoms with Crippen LogP contribution in [0.5, 0.6) is 5.75 Å². The molecule has 0 aliphatic heterocycles. The zero-order valence-electron chi connectivity index (χ0n) is 11.2. The lowest BCUT2D eigenvalue weighted by atomic mass is 10.1. The van der Waals surface area contributed by atoms with E-state index in [1.165, 1.54) is 12.1 Å². The van der Waals surface area contributed by atoms with Gasteiger partial charge in [0, 0.05) is 10.9 Å². The number of aromatic nitrogens is 1. The summed E-state index contributed by atoms with van der Waals surface area (Å²) in [5, 5.41) is 0.711. The number of ether oxygens (including phenoxy) is 1. The molecule has 4 heteroatoms. The van der Waals surface area contributed by atoms with Crippen LogP contribution >= 0.6 is 11.6 Å². The minimum atomic E-state index is -0.285. The molecule has 0 saturated heterocycles. The fourth-order valence-corrected chi connectivity index (χ4v) is 2.24. The maximum atomic E-state index is 13.4.